The van der Waals surface area contributed by atoms with Crippen LogP contribution in [-0.2, 0) is 17.6 Å². The van der Waals surface area contributed by atoms with E-state index in [4.69, 9.17) is 0 Å². The van der Waals surface area contributed by atoms with E-state index in [2.05, 4.69) is 43.4 Å². The Balaban J connectivity index is 1.95. The number of hydrogen-bond acceptors (Lipinski definition) is 1. The monoisotopic (exact) mass is 281 g/mol. The number of hydrogen-bond donors (Lipinski definition) is 1. The van der Waals surface area contributed by atoms with E-state index in [9.17, 15) is 4.79 Å². The number of nitrogens with one attached hydrogen (secondary N) is 1. The van der Waals surface area contributed by atoms with Crippen LogP contribution < -0.4 is 5.32 Å². The maximum Gasteiger partial charge on any atom is 0.228 e. The molecule has 0 aliphatic heterocycles. The van der Waals surface area contributed by atoms with Gasteiger partial charge in [0.05, 0.1) is 6.42 Å². The molecular formula is C19H23NO. The molecule has 1 amide bonds. The van der Waals surface area contributed by atoms with Gasteiger partial charge in [0.15, 0.2) is 0 Å². The summed E-state index contributed by atoms with van der Waals surface area (Å²) in [5.41, 5.74) is 4.35. The molecule has 0 aliphatic rings. The molecule has 21 heavy (non-hydrogen) atoms. The van der Waals surface area contributed by atoms with Crippen molar-refractivity contribution in [2.45, 2.75) is 33.6 Å². The summed E-state index contributed by atoms with van der Waals surface area (Å²) in [6.45, 7) is 6.42. The molecule has 0 heterocycles. The Bertz CT molecular complexity index is 599. The van der Waals surface area contributed by atoms with Crippen molar-refractivity contribution in [3.05, 3.63) is 65.2 Å². The average Bonchev–Trinajstić information content (AvgIpc) is 2.43. The highest BCUT2D eigenvalue weighted by Crippen LogP contribution is 2.14. The predicted octanol–water partition coefficient (Wildman–Crippen LogP) is 4.37. The van der Waals surface area contributed by atoms with Crippen molar-refractivity contribution in [2.75, 3.05) is 5.32 Å². The molecule has 0 aliphatic carbocycles. The highest BCUT2D eigenvalue weighted by Gasteiger charge is 2.06. The Hall–Kier alpha value is -2.09. The van der Waals surface area contributed by atoms with Crippen LogP contribution in [0.3, 0.4) is 0 Å². The molecule has 0 unspecified atom stereocenters. The summed E-state index contributed by atoms with van der Waals surface area (Å²) in [4.78, 5) is 12.1. The van der Waals surface area contributed by atoms with Crippen LogP contribution in [0.1, 0.15) is 30.5 Å². The Morgan fingerprint density at radius 3 is 2.24 bits per heavy atom. The maximum absolute atomic E-state index is 12.1. The summed E-state index contributed by atoms with van der Waals surface area (Å²) in [6, 6.07) is 16.2. The smallest absolute Gasteiger partial charge is 0.228 e. The summed E-state index contributed by atoms with van der Waals surface area (Å²) in [7, 11) is 0. The van der Waals surface area contributed by atoms with E-state index in [0.29, 0.717) is 12.3 Å². The molecule has 0 atom stereocenters. The molecule has 2 rings (SSSR count). The molecule has 0 bridgehead atoms. The first-order valence-corrected chi connectivity index (χ1v) is 7.48. The molecule has 0 aromatic heterocycles. The highest BCUT2D eigenvalue weighted by molar-refractivity contribution is 5.92. The van der Waals surface area contributed by atoms with E-state index >= 15 is 0 Å². The minimum absolute atomic E-state index is 0.0286. The van der Waals surface area contributed by atoms with Crippen LogP contribution in [0.5, 0.6) is 0 Å². The molecule has 110 valence electrons. The molecule has 0 saturated carbocycles. The molecule has 2 nitrogen and oxygen atoms in total. The number of carbonyl (C=O) groups excluding carboxylic acids is 1. The second-order valence-electron chi connectivity index (χ2n) is 5.95. The third kappa shape index (κ3) is 4.75. The average molecular weight is 281 g/mol. The van der Waals surface area contributed by atoms with Crippen molar-refractivity contribution in [3.63, 3.8) is 0 Å². The fourth-order valence-electron chi connectivity index (χ4n) is 2.36. The van der Waals surface area contributed by atoms with Crippen LogP contribution in [0.4, 0.5) is 5.69 Å². The van der Waals surface area contributed by atoms with Gasteiger partial charge in [-0.05, 0) is 42.0 Å². The zero-order chi connectivity index (χ0) is 15.2. The Morgan fingerprint density at radius 2 is 1.62 bits per heavy atom. The summed E-state index contributed by atoms with van der Waals surface area (Å²) in [5, 5.41) is 2.97. The van der Waals surface area contributed by atoms with Crippen molar-refractivity contribution in [1.29, 1.82) is 0 Å². The van der Waals surface area contributed by atoms with Crippen LogP contribution in [0.25, 0.3) is 0 Å². The highest BCUT2D eigenvalue weighted by atomic mass is 16.1. The number of anilines is 1. The van der Waals surface area contributed by atoms with Gasteiger partial charge in [0.1, 0.15) is 0 Å². The van der Waals surface area contributed by atoms with E-state index in [1.807, 2.05) is 31.2 Å². The minimum atomic E-state index is 0.0286. The zero-order valence-corrected chi connectivity index (χ0v) is 13.0. The van der Waals surface area contributed by atoms with Crippen molar-refractivity contribution in [2.24, 2.45) is 5.92 Å². The molecular weight excluding hydrogens is 258 g/mol. The first-order valence-electron chi connectivity index (χ1n) is 7.48. The van der Waals surface area contributed by atoms with Gasteiger partial charge in [0, 0.05) is 5.69 Å². The number of amides is 1. The SMILES string of the molecule is Cc1ccccc1NC(=O)Cc1ccc(CC(C)C)cc1. The van der Waals surface area contributed by atoms with Gasteiger partial charge in [0.2, 0.25) is 5.91 Å². The number of rotatable bonds is 5. The van der Waals surface area contributed by atoms with Crippen LogP contribution in [0.2, 0.25) is 0 Å². The van der Waals surface area contributed by atoms with Gasteiger partial charge in [-0.25, -0.2) is 0 Å². The molecule has 1 N–H and O–H groups in total. The number of carbonyl (C=O) groups is 1. The largest absolute Gasteiger partial charge is 0.326 e. The molecule has 0 radical (unpaired) electrons. The third-order valence-electron chi connectivity index (χ3n) is 3.45. The Labute approximate surface area is 127 Å². The topological polar surface area (TPSA) is 29.1 Å². The van der Waals surface area contributed by atoms with E-state index in [1.165, 1.54) is 5.56 Å². The van der Waals surface area contributed by atoms with Crippen LogP contribution in [0, 0.1) is 12.8 Å². The van der Waals surface area contributed by atoms with Crippen molar-refractivity contribution >= 4 is 11.6 Å². The lowest BCUT2D eigenvalue weighted by atomic mass is 10.0. The van der Waals surface area contributed by atoms with Crippen LogP contribution in [0.15, 0.2) is 48.5 Å². The van der Waals surface area contributed by atoms with E-state index in [1.54, 1.807) is 0 Å². The first-order chi connectivity index (χ1) is 10.0. The van der Waals surface area contributed by atoms with E-state index < -0.39 is 0 Å². The number of aryl methyl sites for hydroxylation is 1. The van der Waals surface area contributed by atoms with Gasteiger partial charge in [-0.1, -0.05) is 56.3 Å². The van der Waals surface area contributed by atoms with Gasteiger partial charge < -0.3 is 5.32 Å². The molecule has 2 heteroatoms. The molecule has 2 aromatic rings. The van der Waals surface area contributed by atoms with Gasteiger partial charge in [0.25, 0.3) is 0 Å². The quantitative estimate of drug-likeness (QED) is 0.866. The fourth-order valence-corrected chi connectivity index (χ4v) is 2.36. The van der Waals surface area contributed by atoms with Crippen LogP contribution >= 0.6 is 0 Å². The standard InChI is InChI=1S/C19H23NO/c1-14(2)12-16-8-10-17(11-9-16)13-19(21)20-18-7-5-4-6-15(18)3/h4-11,14H,12-13H2,1-3H3,(H,20,21). The molecule has 0 spiro atoms. The van der Waals surface area contributed by atoms with Gasteiger partial charge in [-0.15, -0.1) is 0 Å². The summed E-state index contributed by atoms with van der Waals surface area (Å²) >= 11 is 0. The predicted molar refractivity (Wildman–Crippen MR) is 88.5 cm³/mol. The van der Waals surface area contributed by atoms with Crippen molar-refractivity contribution < 1.29 is 4.79 Å². The number of benzene rings is 2. The fraction of sp³-hybridized carbons (Fsp3) is 0.316. The number of para-hydroxylation sites is 1. The second kappa shape index (κ2) is 7.07. The molecule has 0 fully saturated rings. The zero-order valence-electron chi connectivity index (χ0n) is 13.0. The van der Waals surface area contributed by atoms with Gasteiger partial charge in [-0.3, -0.25) is 4.79 Å². The Morgan fingerprint density at radius 1 is 1.00 bits per heavy atom. The third-order valence-corrected chi connectivity index (χ3v) is 3.45. The van der Waals surface area contributed by atoms with E-state index in [0.717, 1.165) is 23.2 Å². The summed E-state index contributed by atoms with van der Waals surface area (Å²) in [6.07, 6.45) is 1.49. The lowest BCUT2D eigenvalue weighted by molar-refractivity contribution is -0.115. The normalized spacial score (nSPS) is 10.7. The van der Waals surface area contributed by atoms with Gasteiger partial charge in [-0.2, -0.15) is 0 Å². The second-order valence-corrected chi connectivity index (χ2v) is 5.95. The van der Waals surface area contributed by atoms with E-state index in [-0.39, 0.29) is 5.91 Å². The lowest BCUT2D eigenvalue weighted by Gasteiger charge is -2.09. The summed E-state index contributed by atoms with van der Waals surface area (Å²) < 4.78 is 0. The van der Waals surface area contributed by atoms with Crippen LogP contribution in [-0.4, -0.2) is 5.91 Å². The van der Waals surface area contributed by atoms with Crippen molar-refractivity contribution in [3.8, 4) is 0 Å². The minimum Gasteiger partial charge on any atom is -0.326 e. The Kier molecular flexibility index (Phi) is 5.15. The van der Waals surface area contributed by atoms with Gasteiger partial charge >= 0.3 is 0 Å². The summed E-state index contributed by atoms with van der Waals surface area (Å²) in [5.74, 6) is 0.682. The first kappa shape index (κ1) is 15.3. The van der Waals surface area contributed by atoms with Crippen molar-refractivity contribution in [1.82, 2.24) is 0 Å². The lowest BCUT2D eigenvalue weighted by Crippen LogP contribution is -2.15. The molecule has 0 saturated heterocycles. The molecule has 2 aromatic carbocycles. The maximum atomic E-state index is 12.1.